The summed E-state index contributed by atoms with van der Waals surface area (Å²) in [6, 6.07) is 16.9. The van der Waals surface area contributed by atoms with Crippen LogP contribution in [0.25, 0.3) is 0 Å². The molecule has 0 spiro atoms. The highest BCUT2D eigenvalue weighted by molar-refractivity contribution is 6.33. The molecule has 4 nitrogen and oxygen atoms in total. The Morgan fingerprint density at radius 1 is 1.04 bits per heavy atom. The highest BCUT2D eigenvalue weighted by Crippen LogP contribution is 2.32. The molecule has 0 aliphatic carbocycles. The van der Waals surface area contributed by atoms with E-state index in [2.05, 4.69) is 5.32 Å². The largest absolute Gasteiger partial charge is 0.352 e. The quantitative estimate of drug-likeness (QED) is 0.887. The zero-order chi connectivity index (χ0) is 18.6. The first kappa shape index (κ1) is 18.5. The topological polar surface area (TPSA) is 49.4 Å². The number of nitrogens with one attached hydrogen (secondary N) is 1. The van der Waals surface area contributed by atoms with Gasteiger partial charge in [0.1, 0.15) is 0 Å². The fraction of sp³-hybridized carbons (Fsp3) is 0.333. The molecule has 0 bridgehead atoms. The van der Waals surface area contributed by atoms with Crippen molar-refractivity contribution in [1.82, 2.24) is 10.2 Å². The SMILES string of the molecule is CC1(C(=O)NCc2ccccc2)CCN(C(=O)c2ccccc2Cl)CC1. The highest BCUT2D eigenvalue weighted by Gasteiger charge is 2.38. The third-order valence-electron chi connectivity index (χ3n) is 5.10. The fourth-order valence-corrected chi connectivity index (χ4v) is 3.44. The normalized spacial score (nSPS) is 16.2. The first-order valence-corrected chi connectivity index (χ1v) is 9.23. The van der Waals surface area contributed by atoms with Crippen LogP contribution in [0.5, 0.6) is 0 Å². The van der Waals surface area contributed by atoms with Crippen LogP contribution in [0.2, 0.25) is 5.02 Å². The molecule has 2 aromatic rings. The maximum absolute atomic E-state index is 12.7. The number of hydrogen-bond acceptors (Lipinski definition) is 2. The van der Waals surface area contributed by atoms with Crippen molar-refractivity contribution in [2.24, 2.45) is 5.41 Å². The molecule has 2 aromatic carbocycles. The predicted molar refractivity (Wildman–Crippen MR) is 103 cm³/mol. The van der Waals surface area contributed by atoms with Crippen LogP contribution in [0.1, 0.15) is 35.7 Å². The number of carbonyl (C=O) groups excluding carboxylic acids is 2. The Labute approximate surface area is 159 Å². The lowest BCUT2D eigenvalue weighted by molar-refractivity contribution is -0.132. The molecule has 5 heteroatoms. The van der Waals surface area contributed by atoms with Crippen molar-refractivity contribution < 1.29 is 9.59 Å². The number of rotatable bonds is 4. The second-order valence-electron chi connectivity index (χ2n) is 7.00. The lowest BCUT2D eigenvalue weighted by Gasteiger charge is -2.38. The van der Waals surface area contributed by atoms with Gasteiger partial charge in [0, 0.05) is 25.0 Å². The Morgan fingerprint density at radius 3 is 2.31 bits per heavy atom. The average molecular weight is 371 g/mol. The summed E-state index contributed by atoms with van der Waals surface area (Å²) in [7, 11) is 0. The van der Waals surface area contributed by atoms with Gasteiger partial charge in [-0.15, -0.1) is 0 Å². The minimum Gasteiger partial charge on any atom is -0.352 e. The summed E-state index contributed by atoms with van der Waals surface area (Å²) in [5, 5.41) is 3.49. The standard InChI is InChI=1S/C21H23ClN2O2/c1-21(20(26)23-15-16-7-3-2-4-8-16)11-13-24(14-12-21)19(25)17-9-5-6-10-18(17)22/h2-10H,11-15H2,1H3,(H,23,26). The first-order chi connectivity index (χ1) is 12.5. The van der Waals surface area contributed by atoms with E-state index >= 15 is 0 Å². The van der Waals surface area contributed by atoms with Crippen molar-refractivity contribution in [1.29, 1.82) is 0 Å². The van der Waals surface area contributed by atoms with Gasteiger partial charge >= 0.3 is 0 Å². The van der Waals surface area contributed by atoms with Gasteiger partial charge in [-0.3, -0.25) is 9.59 Å². The molecule has 0 unspecified atom stereocenters. The molecule has 0 atom stereocenters. The van der Waals surface area contributed by atoms with Gasteiger partial charge in [0.15, 0.2) is 0 Å². The Hall–Kier alpha value is -2.33. The van der Waals surface area contributed by atoms with Crippen LogP contribution >= 0.6 is 11.6 Å². The van der Waals surface area contributed by atoms with Gasteiger partial charge in [0.05, 0.1) is 10.6 Å². The third kappa shape index (κ3) is 4.07. The molecule has 1 aliphatic heterocycles. The van der Waals surface area contributed by atoms with Gasteiger partial charge in [-0.1, -0.05) is 61.0 Å². The summed E-state index contributed by atoms with van der Waals surface area (Å²) in [6.07, 6.45) is 1.29. The molecule has 2 amide bonds. The van der Waals surface area contributed by atoms with Gasteiger partial charge in [0.2, 0.25) is 5.91 Å². The van der Waals surface area contributed by atoms with Crippen LogP contribution in [0, 0.1) is 5.41 Å². The van der Waals surface area contributed by atoms with Crippen molar-refractivity contribution in [2.45, 2.75) is 26.3 Å². The summed E-state index contributed by atoms with van der Waals surface area (Å²) in [5.74, 6) is -0.0199. The van der Waals surface area contributed by atoms with Gasteiger partial charge in [-0.05, 0) is 30.5 Å². The Bertz CT molecular complexity index is 784. The number of hydrogen-bond donors (Lipinski definition) is 1. The van der Waals surface area contributed by atoms with Gasteiger partial charge in [0.25, 0.3) is 5.91 Å². The highest BCUT2D eigenvalue weighted by atomic mass is 35.5. The molecule has 26 heavy (non-hydrogen) atoms. The Morgan fingerprint density at radius 2 is 1.65 bits per heavy atom. The summed E-state index contributed by atoms with van der Waals surface area (Å²) in [5.41, 5.74) is 1.15. The molecular formula is C21H23ClN2O2. The van der Waals surface area contributed by atoms with E-state index in [0.717, 1.165) is 5.56 Å². The number of piperidine rings is 1. The number of nitrogens with zero attached hydrogens (tertiary/aromatic N) is 1. The average Bonchev–Trinajstić information content (AvgIpc) is 2.67. The van der Waals surface area contributed by atoms with E-state index in [1.165, 1.54) is 0 Å². The first-order valence-electron chi connectivity index (χ1n) is 8.86. The van der Waals surface area contributed by atoms with Crippen molar-refractivity contribution in [3.8, 4) is 0 Å². The molecule has 136 valence electrons. The van der Waals surface area contributed by atoms with Crippen LogP contribution in [-0.4, -0.2) is 29.8 Å². The van der Waals surface area contributed by atoms with E-state index in [1.807, 2.05) is 49.4 Å². The van der Waals surface area contributed by atoms with Crippen molar-refractivity contribution >= 4 is 23.4 Å². The minimum absolute atomic E-state index is 0.0474. The van der Waals surface area contributed by atoms with E-state index in [4.69, 9.17) is 11.6 Å². The van der Waals surface area contributed by atoms with E-state index < -0.39 is 5.41 Å². The molecule has 1 saturated heterocycles. The molecule has 1 N–H and O–H groups in total. The van der Waals surface area contributed by atoms with Crippen molar-refractivity contribution in [3.63, 3.8) is 0 Å². The van der Waals surface area contributed by atoms with Gasteiger partial charge < -0.3 is 10.2 Å². The molecule has 0 saturated carbocycles. The van der Waals surface area contributed by atoms with Gasteiger partial charge in [-0.2, -0.15) is 0 Å². The molecule has 3 rings (SSSR count). The zero-order valence-corrected chi connectivity index (χ0v) is 15.6. The van der Waals surface area contributed by atoms with Crippen molar-refractivity contribution in [2.75, 3.05) is 13.1 Å². The lowest BCUT2D eigenvalue weighted by Crippen LogP contribution is -2.48. The third-order valence-corrected chi connectivity index (χ3v) is 5.43. The van der Waals surface area contributed by atoms with E-state index in [1.54, 1.807) is 17.0 Å². The number of benzene rings is 2. The van der Waals surface area contributed by atoms with Gasteiger partial charge in [-0.25, -0.2) is 0 Å². The number of carbonyl (C=O) groups is 2. The van der Waals surface area contributed by atoms with E-state index in [0.29, 0.717) is 43.1 Å². The lowest BCUT2D eigenvalue weighted by atomic mass is 9.79. The molecule has 1 fully saturated rings. The smallest absolute Gasteiger partial charge is 0.255 e. The molecule has 1 heterocycles. The number of likely N-dealkylation sites (tertiary alicyclic amines) is 1. The van der Waals surface area contributed by atoms with Crippen LogP contribution < -0.4 is 5.32 Å². The van der Waals surface area contributed by atoms with Crippen LogP contribution in [0.3, 0.4) is 0 Å². The Balaban J connectivity index is 1.57. The predicted octanol–water partition coefficient (Wildman–Crippen LogP) is 3.90. The van der Waals surface area contributed by atoms with Crippen LogP contribution in [-0.2, 0) is 11.3 Å². The molecule has 0 radical (unpaired) electrons. The maximum Gasteiger partial charge on any atom is 0.255 e. The Kier molecular flexibility index (Phi) is 5.62. The maximum atomic E-state index is 12.7. The molecular weight excluding hydrogens is 348 g/mol. The second kappa shape index (κ2) is 7.92. The van der Waals surface area contributed by atoms with Crippen LogP contribution in [0.15, 0.2) is 54.6 Å². The van der Waals surface area contributed by atoms with E-state index in [-0.39, 0.29) is 11.8 Å². The summed E-state index contributed by atoms with van der Waals surface area (Å²) in [6.45, 7) is 3.61. The zero-order valence-electron chi connectivity index (χ0n) is 14.9. The minimum atomic E-state index is -0.452. The summed E-state index contributed by atoms with van der Waals surface area (Å²) < 4.78 is 0. The fourth-order valence-electron chi connectivity index (χ4n) is 3.23. The summed E-state index contributed by atoms with van der Waals surface area (Å²) >= 11 is 6.13. The molecule has 1 aliphatic rings. The molecule has 0 aromatic heterocycles. The summed E-state index contributed by atoms with van der Waals surface area (Å²) in [4.78, 5) is 27.1. The number of amides is 2. The van der Waals surface area contributed by atoms with Crippen LogP contribution in [0.4, 0.5) is 0 Å². The monoisotopic (exact) mass is 370 g/mol. The van der Waals surface area contributed by atoms with E-state index in [9.17, 15) is 9.59 Å². The number of halogens is 1. The van der Waals surface area contributed by atoms with Crippen molar-refractivity contribution in [3.05, 3.63) is 70.7 Å². The second-order valence-corrected chi connectivity index (χ2v) is 7.41.